The number of aromatic nitrogens is 3. The molecule has 16 heavy (non-hydrogen) atoms. The molecule has 5 heteroatoms. The fourth-order valence-electron chi connectivity index (χ4n) is 1.46. The van der Waals surface area contributed by atoms with Crippen LogP contribution in [0, 0.1) is 0 Å². The minimum absolute atomic E-state index is 0.702. The Labute approximate surface area is 91.3 Å². The molecule has 0 aliphatic carbocycles. The van der Waals surface area contributed by atoms with Gasteiger partial charge in [-0.15, -0.1) is 10.2 Å². The summed E-state index contributed by atoms with van der Waals surface area (Å²) >= 11 is 0. The van der Waals surface area contributed by atoms with E-state index in [1.54, 1.807) is 12.4 Å². The highest BCUT2D eigenvalue weighted by Crippen LogP contribution is 2.24. The zero-order valence-electron chi connectivity index (χ0n) is 8.28. The van der Waals surface area contributed by atoms with Crippen molar-refractivity contribution >= 4 is 22.8 Å². The van der Waals surface area contributed by atoms with Gasteiger partial charge in [0.25, 0.3) is 0 Å². The van der Waals surface area contributed by atoms with E-state index in [4.69, 9.17) is 0 Å². The van der Waals surface area contributed by atoms with E-state index in [-0.39, 0.29) is 0 Å². The zero-order valence-corrected chi connectivity index (χ0v) is 8.28. The Bertz CT molecular complexity index is 573. The van der Waals surface area contributed by atoms with Gasteiger partial charge in [0.1, 0.15) is 11.2 Å². The Kier molecular flexibility index (Phi) is 2.00. The zero-order chi connectivity index (χ0) is 10.8. The van der Waals surface area contributed by atoms with Gasteiger partial charge in [0.2, 0.25) is 0 Å². The lowest BCUT2D eigenvalue weighted by Gasteiger charge is -2.02. The smallest absolute Gasteiger partial charge is 0.114 e. The van der Waals surface area contributed by atoms with Gasteiger partial charge in [-0.1, -0.05) is 6.08 Å². The number of hydrogen-bond acceptors (Lipinski definition) is 5. The third-order valence-corrected chi connectivity index (χ3v) is 2.19. The first kappa shape index (κ1) is 8.84. The van der Waals surface area contributed by atoms with E-state index in [0.29, 0.717) is 5.69 Å². The molecule has 0 radical (unpaired) electrons. The van der Waals surface area contributed by atoms with Crippen LogP contribution in [0.15, 0.2) is 46.9 Å². The van der Waals surface area contributed by atoms with E-state index in [2.05, 4.69) is 25.4 Å². The van der Waals surface area contributed by atoms with E-state index < -0.39 is 0 Å². The van der Waals surface area contributed by atoms with Gasteiger partial charge in [0, 0.05) is 6.20 Å². The summed E-state index contributed by atoms with van der Waals surface area (Å²) in [6.45, 7) is 0. The van der Waals surface area contributed by atoms with Crippen molar-refractivity contribution in [3.05, 3.63) is 42.4 Å². The van der Waals surface area contributed by atoms with Crippen molar-refractivity contribution in [1.29, 1.82) is 0 Å². The normalized spacial score (nSPS) is 13.5. The van der Waals surface area contributed by atoms with Crippen molar-refractivity contribution in [3.63, 3.8) is 0 Å². The number of allylic oxidation sites excluding steroid dienone is 2. The van der Waals surface area contributed by atoms with Crippen LogP contribution in [0.5, 0.6) is 0 Å². The lowest BCUT2D eigenvalue weighted by molar-refractivity contribution is 1.06. The molecule has 76 valence electrons. The number of hydrogen-bond donors (Lipinski definition) is 0. The topological polar surface area (TPSA) is 63.4 Å². The number of rotatable bonds is 0. The summed E-state index contributed by atoms with van der Waals surface area (Å²) in [6, 6.07) is 3.65. The molecule has 0 saturated heterocycles. The molecule has 0 N–H and O–H groups in total. The van der Waals surface area contributed by atoms with E-state index >= 15 is 0 Å². The average Bonchev–Trinajstić information content (AvgIpc) is 2.29. The van der Waals surface area contributed by atoms with Crippen molar-refractivity contribution in [2.75, 3.05) is 0 Å². The maximum Gasteiger partial charge on any atom is 0.114 e. The second-order valence-electron chi connectivity index (χ2n) is 3.24. The van der Waals surface area contributed by atoms with Gasteiger partial charge in [-0.3, -0.25) is 0 Å². The van der Waals surface area contributed by atoms with Crippen molar-refractivity contribution in [2.45, 2.75) is 0 Å². The standard InChI is InChI=1S/C11H7N5/c1-2-5-12-15-10-7-11-9(4-6-13-16-11)14-8(10)3-1/h1-7H. The molecule has 3 rings (SSSR count). The average molecular weight is 209 g/mol. The van der Waals surface area contributed by atoms with Crippen molar-refractivity contribution < 1.29 is 0 Å². The molecule has 0 unspecified atom stereocenters. The van der Waals surface area contributed by atoms with Gasteiger partial charge in [-0.25, -0.2) is 4.98 Å². The Morgan fingerprint density at radius 1 is 1.06 bits per heavy atom. The Balaban J connectivity index is 2.31. The molecule has 5 nitrogen and oxygen atoms in total. The van der Waals surface area contributed by atoms with Crippen molar-refractivity contribution in [2.24, 2.45) is 10.2 Å². The van der Waals surface area contributed by atoms with Gasteiger partial charge >= 0.3 is 0 Å². The van der Waals surface area contributed by atoms with E-state index in [1.165, 1.54) is 0 Å². The summed E-state index contributed by atoms with van der Waals surface area (Å²) in [5, 5.41) is 15.7. The SMILES string of the molecule is C1=CN=Nc2cc3nnccc3nc2C=C1. The number of pyridine rings is 1. The summed E-state index contributed by atoms with van der Waals surface area (Å²) in [6.07, 6.45) is 8.83. The second-order valence-corrected chi connectivity index (χ2v) is 3.24. The van der Waals surface area contributed by atoms with Crippen LogP contribution >= 0.6 is 0 Å². The molecule has 0 saturated carbocycles. The summed E-state index contributed by atoms with van der Waals surface area (Å²) in [7, 11) is 0. The number of nitrogens with zero attached hydrogens (tertiary/aromatic N) is 5. The summed E-state index contributed by atoms with van der Waals surface area (Å²) < 4.78 is 0. The van der Waals surface area contributed by atoms with E-state index in [1.807, 2.05) is 30.4 Å². The van der Waals surface area contributed by atoms with Gasteiger partial charge in [-0.05, 0) is 24.3 Å². The number of fused-ring (bicyclic) bond motifs is 2. The van der Waals surface area contributed by atoms with Crippen molar-refractivity contribution in [1.82, 2.24) is 15.2 Å². The molecule has 2 aromatic heterocycles. The minimum atomic E-state index is 0.702. The van der Waals surface area contributed by atoms with Crippen LogP contribution < -0.4 is 0 Å². The van der Waals surface area contributed by atoms with Gasteiger partial charge in [0.05, 0.1) is 17.4 Å². The largest absolute Gasteiger partial charge is 0.244 e. The molecular formula is C11H7N5. The maximum atomic E-state index is 4.44. The highest BCUT2D eigenvalue weighted by molar-refractivity contribution is 5.80. The molecule has 0 fully saturated rings. The predicted molar refractivity (Wildman–Crippen MR) is 60.0 cm³/mol. The molecule has 0 bridgehead atoms. The molecule has 0 amide bonds. The first-order valence-corrected chi connectivity index (χ1v) is 4.80. The van der Waals surface area contributed by atoms with Crippen LogP contribution in [-0.2, 0) is 0 Å². The maximum absolute atomic E-state index is 4.44. The molecule has 3 heterocycles. The van der Waals surface area contributed by atoms with Crippen LogP contribution in [0.3, 0.4) is 0 Å². The minimum Gasteiger partial charge on any atom is -0.244 e. The van der Waals surface area contributed by atoms with Crippen LogP contribution in [0.1, 0.15) is 5.69 Å². The molecule has 2 aromatic rings. The first-order valence-electron chi connectivity index (χ1n) is 4.80. The molecule has 1 aliphatic heterocycles. The Morgan fingerprint density at radius 2 is 2.06 bits per heavy atom. The third-order valence-electron chi connectivity index (χ3n) is 2.19. The lowest BCUT2D eigenvalue weighted by atomic mass is 10.2. The molecular weight excluding hydrogens is 202 g/mol. The summed E-state index contributed by atoms with van der Waals surface area (Å²) in [4.78, 5) is 4.44. The lowest BCUT2D eigenvalue weighted by Crippen LogP contribution is -1.89. The monoisotopic (exact) mass is 209 g/mol. The molecule has 1 aliphatic rings. The summed E-state index contributed by atoms with van der Waals surface area (Å²) in [5.74, 6) is 0. The highest BCUT2D eigenvalue weighted by atomic mass is 15.1. The predicted octanol–water partition coefficient (Wildman–Crippen LogP) is 2.65. The van der Waals surface area contributed by atoms with E-state index in [0.717, 1.165) is 16.7 Å². The summed E-state index contributed by atoms with van der Waals surface area (Å²) in [5.41, 5.74) is 3.01. The van der Waals surface area contributed by atoms with Crippen LogP contribution in [0.25, 0.3) is 17.1 Å². The second kappa shape index (κ2) is 3.62. The van der Waals surface area contributed by atoms with E-state index in [9.17, 15) is 0 Å². The van der Waals surface area contributed by atoms with Crippen LogP contribution in [-0.4, -0.2) is 15.2 Å². The fraction of sp³-hybridized carbons (Fsp3) is 0. The highest BCUT2D eigenvalue weighted by Gasteiger charge is 2.05. The molecule has 0 atom stereocenters. The third kappa shape index (κ3) is 1.48. The quantitative estimate of drug-likeness (QED) is 0.670. The van der Waals surface area contributed by atoms with Gasteiger partial charge in [-0.2, -0.15) is 10.2 Å². The number of azo groups is 1. The van der Waals surface area contributed by atoms with Crippen LogP contribution in [0.4, 0.5) is 5.69 Å². The van der Waals surface area contributed by atoms with Crippen LogP contribution in [0.2, 0.25) is 0 Å². The fourth-order valence-corrected chi connectivity index (χ4v) is 1.46. The van der Waals surface area contributed by atoms with Gasteiger partial charge < -0.3 is 0 Å². The Hall–Kier alpha value is -2.43. The Morgan fingerprint density at radius 3 is 3.06 bits per heavy atom. The van der Waals surface area contributed by atoms with Crippen molar-refractivity contribution in [3.8, 4) is 0 Å². The molecule has 0 aromatic carbocycles. The molecule has 0 spiro atoms. The first-order chi connectivity index (χ1) is 7.93. The van der Waals surface area contributed by atoms with Gasteiger partial charge in [0.15, 0.2) is 0 Å².